The van der Waals surface area contributed by atoms with Gasteiger partial charge in [-0.15, -0.1) is 0 Å². The molecule has 88 valence electrons. The molecule has 0 unspecified atom stereocenters. The largest absolute Gasteiger partial charge is 0.312 e. The van der Waals surface area contributed by atoms with Crippen molar-refractivity contribution in [1.29, 1.82) is 0 Å². The summed E-state index contributed by atoms with van der Waals surface area (Å²) >= 11 is 0. The summed E-state index contributed by atoms with van der Waals surface area (Å²) < 4.78 is 0. The van der Waals surface area contributed by atoms with Gasteiger partial charge in [0.25, 0.3) is 0 Å². The highest BCUT2D eigenvalue weighted by Gasteiger charge is 2.25. The number of hydrogen-bond acceptors (Lipinski definition) is 3. The Morgan fingerprint density at radius 3 is 2.56 bits per heavy atom. The summed E-state index contributed by atoms with van der Waals surface area (Å²) in [6, 6.07) is 0. The monoisotopic (exact) mass is 219 g/mol. The van der Waals surface area contributed by atoms with E-state index in [0.717, 1.165) is 13.1 Å². The Morgan fingerprint density at radius 1 is 1.19 bits per heavy atom. The highest BCUT2D eigenvalue weighted by molar-refractivity contribution is 5.01. The lowest BCUT2D eigenvalue weighted by molar-refractivity contribution is 0.207. The average molecular weight is 219 g/mol. The number of rotatable bonds is 4. The van der Waals surface area contributed by atoms with Gasteiger partial charge in [-0.2, -0.15) is 0 Å². The minimum Gasteiger partial charge on any atom is -0.312 e. The number of aromatic nitrogens is 2. The molecular weight excluding hydrogens is 198 g/mol. The molecule has 0 radical (unpaired) electrons. The van der Waals surface area contributed by atoms with Crippen LogP contribution in [0, 0.1) is 5.41 Å². The molecule has 16 heavy (non-hydrogen) atoms. The van der Waals surface area contributed by atoms with E-state index < -0.39 is 0 Å². The second-order valence-corrected chi connectivity index (χ2v) is 5.22. The molecule has 0 bridgehead atoms. The van der Waals surface area contributed by atoms with Gasteiger partial charge in [0.2, 0.25) is 0 Å². The van der Waals surface area contributed by atoms with Crippen molar-refractivity contribution in [2.45, 2.75) is 45.6 Å². The molecule has 0 amide bonds. The minimum atomic E-state index is 0.508. The average Bonchev–Trinajstić information content (AvgIpc) is 2.31. The fourth-order valence-electron chi connectivity index (χ4n) is 2.51. The van der Waals surface area contributed by atoms with Gasteiger partial charge in [0.15, 0.2) is 0 Å². The number of nitrogens with one attached hydrogen (secondary N) is 1. The van der Waals surface area contributed by atoms with Crippen molar-refractivity contribution in [3.05, 3.63) is 24.3 Å². The molecule has 1 saturated carbocycles. The maximum Gasteiger partial charge on any atom is 0.115 e. The maximum absolute atomic E-state index is 4.02. The van der Waals surface area contributed by atoms with Crippen LogP contribution >= 0.6 is 0 Å². The summed E-state index contributed by atoms with van der Waals surface area (Å²) in [5.41, 5.74) is 1.68. The van der Waals surface area contributed by atoms with E-state index in [9.17, 15) is 0 Å². The molecule has 1 heterocycles. The third-order valence-corrected chi connectivity index (χ3v) is 3.56. The van der Waals surface area contributed by atoms with Crippen molar-refractivity contribution in [3.8, 4) is 0 Å². The quantitative estimate of drug-likeness (QED) is 0.845. The summed E-state index contributed by atoms with van der Waals surface area (Å²) in [7, 11) is 0. The second kappa shape index (κ2) is 5.39. The molecule has 0 aliphatic heterocycles. The van der Waals surface area contributed by atoms with Crippen molar-refractivity contribution < 1.29 is 0 Å². The fourth-order valence-corrected chi connectivity index (χ4v) is 2.51. The van der Waals surface area contributed by atoms with Gasteiger partial charge in [0, 0.05) is 31.0 Å². The van der Waals surface area contributed by atoms with Crippen LogP contribution in [-0.2, 0) is 6.54 Å². The van der Waals surface area contributed by atoms with Crippen molar-refractivity contribution in [2.24, 2.45) is 5.41 Å². The first kappa shape index (κ1) is 11.5. The zero-order valence-electron chi connectivity index (χ0n) is 10.1. The zero-order valence-corrected chi connectivity index (χ0v) is 10.1. The van der Waals surface area contributed by atoms with Gasteiger partial charge in [-0.3, -0.25) is 0 Å². The first-order valence-corrected chi connectivity index (χ1v) is 6.23. The predicted molar refractivity (Wildman–Crippen MR) is 64.9 cm³/mol. The van der Waals surface area contributed by atoms with Gasteiger partial charge in [0.1, 0.15) is 6.33 Å². The first-order chi connectivity index (χ1) is 7.79. The molecule has 1 aliphatic rings. The van der Waals surface area contributed by atoms with Crippen LogP contribution < -0.4 is 5.32 Å². The number of hydrogen-bond donors (Lipinski definition) is 1. The van der Waals surface area contributed by atoms with Gasteiger partial charge in [0.05, 0.1) is 0 Å². The maximum atomic E-state index is 4.02. The molecule has 1 aromatic heterocycles. The van der Waals surface area contributed by atoms with Gasteiger partial charge in [-0.05, 0) is 18.3 Å². The molecule has 2 rings (SSSR count). The normalized spacial score (nSPS) is 19.6. The Morgan fingerprint density at radius 2 is 1.88 bits per heavy atom. The van der Waals surface area contributed by atoms with Crippen LogP contribution in [0.5, 0.6) is 0 Å². The van der Waals surface area contributed by atoms with E-state index in [0.29, 0.717) is 5.41 Å². The van der Waals surface area contributed by atoms with Crippen LogP contribution in [0.1, 0.15) is 44.6 Å². The van der Waals surface area contributed by atoms with E-state index in [-0.39, 0.29) is 0 Å². The van der Waals surface area contributed by atoms with Gasteiger partial charge < -0.3 is 5.32 Å². The highest BCUT2D eigenvalue weighted by atomic mass is 14.9. The molecule has 0 atom stereocenters. The second-order valence-electron chi connectivity index (χ2n) is 5.22. The molecule has 3 nitrogen and oxygen atoms in total. The standard InChI is InChI=1S/C13H21N3/c1-13(5-3-2-4-6-13)10-14-7-12-8-15-11-16-9-12/h8-9,11,14H,2-7,10H2,1H3. The van der Waals surface area contributed by atoms with E-state index in [2.05, 4.69) is 22.2 Å². The molecule has 1 aliphatic carbocycles. The Bertz CT molecular complexity index is 304. The number of nitrogens with zero attached hydrogens (tertiary/aromatic N) is 2. The van der Waals surface area contributed by atoms with Crippen molar-refractivity contribution in [2.75, 3.05) is 6.54 Å². The smallest absolute Gasteiger partial charge is 0.115 e. The van der Waals surface area contributed by atoms with Crippen molar-refractivity contribution in [1.82, 2.24) is 15.3 Å². The first-order valence-electron chi connectivity index (χ1n) is 6.23. The summed E-state index contributed by atoms with van der Waals surface area (Å²) in [6.07, 6.45) is 12.3. The van der Waals surface area contributed by atoms with Crippen LogP contribution in [0.2, 0.25) is 0 Å². The van der Waals surface area contributed by atoms with Crippen molar-refractivity contribution in [3.63, 3.8) is 0 Å². The van der Waals surface area contributed by atoms with E-state index in [4.69, 9.17) is 0 Å². The highest BCUT2D eigenvalue weighted by Crippen LogP contribution is 2.34. The Balaban J connectivity index is 1.75. The third-order valence-electron chi connectivity index (χ3n) is 3.56. The predicted octanol–water partition coefficient (Wildman–Crippen LogP) is 2.54. The van der Waals surface area contributed by atoms with E-state index in [1.165, 1.54) is 37.7 Å². The molecule has 3 heteroatoms. The van der Waals surface area contributed by atoms with Gasteiger partial charge >= 0.3 is 0 Å². The minimum absolute atomic E-state index is 0.508. The molecule has 1 N–H and O–H groups in total. The molecule has 0 spiro atoms. The van der Waals surface area contributed by atoms with Gasteiger partial charge in [-0.1, -0.05) is 26.2 Å². The topological polar surface area (TPSA) is 37.8 Å². The molecule has 0 aromatic carbocycles. The Labute approximate surface area is 97.7 Å². The summed E-state index contributed by atoms with van der Waals surface area (Å²) in [4.78, 5) is 8.03. The fraction of sp³-hybridized carbons (Fsp3) is 0.692. The van der Waals surface area contributed by atoms with Crippen LogP contribution in [0.4, 0.5) is 0 Å². The third kappa shape index (κ3) is 3.27. The lowest BCUT2D eigenvalue weighted by Gasteiger charge is -2.33. The summed E-state index contributed by atoms with van der Waals surface area (Å²) in [5.74, 6) is 0. The summed E-state index contributed by atoms with van der Waals surface area (Å²) in [5, 5.41) is 3.53. The molecule has 0 saturated heterocycles. The van der Waals surface area contributed by atoms with E-state index in [1.54, 1.807) is 6.33 Å². The zero-order chi connectivity index (χ0) is 11.3. The molecular formula is C13H21N3. The Hall–Kier alpha value is -0.960. The SMILES string of the molecule is CC1(CNCc2cncnc2)CCCCC1. The lowest BCUT2D eigenvalue weighted by Crippen LogP contribution is -2.33. The molecule has 1 fully saturated rings. The van der Waals surface area contributed by atoms with E-state index in [1.807, 2.05) is 12.4 Å². The summed E-state index contributed by atoms with van der Waals surface area (Å²) in [6.45, 7) is 4.40. The lowest BCUT2D eigenvalue weighted by atomic mass is 9.76. The van der Waals surface area contributed by atoms with Crippen LogP contribution in [0.15, 0.2) is 18.7 Å². The van der Waals surface area contributed by atoms with Crippen LogP contribution in [0.3, 0.4) is 0 Å². The van der Waals surface area contributed by atoms with Gasteiger partial charge in [-0.25, -0.2) is 9.97 Å². The van der Waals surface area contributed by atoms with Crippen LogP contribution in [0.25, 0.3) is 0 Å². The van der Waals surface area contributed by atoms with E-state index >= 15 is 0 Å². The van der Waals surface area contributed by atoms with Crippen molar-refractivity contribution >= 4 is 0 Å². The molecule has 1 aromatic rings. The van der Waals surface area contributed by atoms with Crippen LogP contribution in [-0.4, -0.2) is 16.5 Å². The Kier molecular flexibility index (Phi) is 3.88.